The monoisotopic (exact) mass is 328 g/mol. The Balaban J connectivity index is 0.00000242. The molecule has 0 radical (unpaired) electrons. The van der Waals surface area contributed by atoms with Crippen LogP contribution in [0.25, 0.3) is 0 Å². The van der Waals surface area contributed by atoms with E-state index in [2.05, 4.69) is 5.32 Å². The summed E-state index contributed by atoms with van der Waals surface area (Å²) in [6.45, 7) is 1.05. The van der Waals surface area contributed by atoms with Crippen LogP contribution in [-0.2, 0) is 4.74 Å². The minimum Gasteiger partial charge on any atom is -0.491 e. The maximum atomic E-state index is 12.2. The lowest BCUT2D eigenvalue weighted by molar-refractivity contribution is 0.0925. The van der Waals surface area contributed by atoms with Crippen molar-refractivity contribution in [1.82, 2.24) is 5.32 Å². The van der Waals surface area contributed by atoms with Crippen LogP contribution in [0.15, 0.2) is 24.3 Å². The van der Waals surface area contributed by atoms with Crippen LogP contribution < -0.4 is 15.8 Å². The van der Waals surface area contributed by atoms with Gasteiger partial charge < -0.3 is 20.5 Å². The number of ether oxygens (including phenoxy) is 2. The number of hydrogen-bond donors (Lipinski definition) is 2. The predicted molar refractivity (Wildman–Crippen MR) is 88.8 cm³/mol. The zero-order valence-corrected chi connectivity index (χ0v) is 13.7. The molecular weight excluding hydrogens is 304 g/mol. The summed E-state index contributed by atoms with van der Waals surface area (Å²) in [5, 5.41) is 3.07. The zero-order chi connectivity index (χ0) is 15.1. The van der Waals surface area contributed by atoms with Crippen molar-refractivity contribution in [2.75, 3.05) is 20.3 Å². The molecule has 1 amide bonds. The normalized spacial score (nSPS) is 20.8. The Hall–Kier alpha value is -1.30. The standard InChI is InChI=1S/C16H24N2O3.ClH/c1-20-10-11-21-15-8-2-12(3-9-15)16(19)18-14-6-4-13(17)5-7-14;/h2-3,8-9,13-14H,4-7,10-11,17H2,1H3,(H,18,19);1H. The van der Waals surface area contributed by atoms with E-state index in [1.807, 2.05) is 0 Å². The quantitative estimate of drug-likeness (QED) is 0.785. The van der Waals surface area contributed by atoms with Gasteiger partial charge in [-0.3, -0.25) is 4.79 Å². The SMILES string of the molecule is COCCOc1ccc(C(=O)NC2CCC(N)CC2)cc1.Cl. The van der Waals surface area contributed by atoms with E-state index in [1.165, 1.54) is 0 Å². The number of halogens is 1. The lowest BCUT2D eigenvalue weighted by Gasteiger charge is -2.26. The van der Waals surface area contributed by atoms with Gasteiger partial charge in [-0.15, -0.1) is 12.4 Å². The Labute approximate surface area is 138 Å². The highest BCUT2D eigenvalue weighted by Gasteiger charge is 2.20. The lowest BCUT2D eigenvalue weighted by atomic mass is 9.91. The highest BCUT2D eigenvalue weighted by molar-refractivity contribution is 5.94. The van der Waals surface area contributed by atoms with Gasteiger partial charge in [-0.25, -0.2) is 0 Å². The number of nitrogens with two attached hydrogens (primary N) is 1. The molecule has 1 aromatic carbocycles. The van der Waals surface area contributed by atoms with Gasteiger partial charge >= 0.3 is 0 Å². The highest BCUT2D eigenvalue weighted by Crippen LogP contribution is 2.18. The minimum absolute atomic E-state index is 0. The Morgan fingerprint density at radius 2 is 1.82 bits per heavy atom. The van der Waals surface area contributed by atoms with Crippen molar-refractivity contribution in [2.45, 2.75) is 37.8 Å². The molecule has 0 saturated heterocycles. The summed E-state index contributed by atoms with van der Waals surface area (Å²) in [6.07, 6.45) is 3.89. The van der Waals surface area contributed by atoms with Crippen LogP contribution in [0, 0.1) is 0 Å². The molecule has 1 fully saturated rings. The fraction of sp³-hybridized carbons (Fsp3) is 0.562. The lowest BCUT2D eigenvalue weighted by Crippen LogP contribution is -2.40. The third-order valence-electron chi connectivity index (χ3n) is 3.78. The van der Waals surface area contributed by atoms with Gasteiger partial charge in [-0.05, 0) is 49.9 Å². The summed E-state index contributed by atoms with van der Waals surface area (Å²) < 4.78 is 10.4. The van der Waals surface area contributed by atoms with Crippen molar-refractivity contribution in [1.29, 1.82) is 0 Å². The van der Waals surface area contributed by atoms with Crippen LogP contribution in [0.2, 0.25) is 0 Å². The largest absolute Gasteiger partial charge is 0.491 e. The van der Waals surface area contributed by atoms with E-state index in [1.54, 1.807) is 31.4 Å². The Bertz CT molecular complexity index is 445. The maximum absolute atomic E-state index is 12.2. The second kappa shape index (κ2) is 9.66. The number of methoxy groups -OCH3 is 1. The number of benzene rings is 1. The molecule has 124 valence electrons. The van der Waals surface area contributed by atoms with Gasteiger partial charge in [-0.2, -0.15) is 0 Å². The summed E-state index contributed by atoms with van der Waals surface area (Å²) in [6, 6.07) is 7.72. The van der Waals surface area contributed by atoms with E-state index in [-0.39, 0.29) is 24.4 Å². The van der Waals surface area contributed by atoms with Gasteiger partial charge in [0.15, 0.2) is 0 Å². The van der Waals surface area contributed by atoms with E-state index >= 15 is 0 Å². The van der Waals surface area contributed by atoms with Crippen molar-refractivity contribution >= 4 is 18.3 Å². The van der Waals surface area contributed by atoms with Gasteiger partial charge in [0, 0.05) is 24.8 Å². The van der Waals surface area contributed by atoms with Crippen LogP contribution in [0.4, 0.5) is 0 Å². The van der Waals surface area contributed by atoms with Crippen molar-refractivity contribution in [2.24, 2.45) is 5.73 Å². The average Bonchev–Trinajstić information content (AvgIpc) is 2.50. The van der Waals surface area contributed by atoms with Gasteiger partial charge in [-0.1, -0.05) is 0 Å². The minimum atomic E-state index is -0.0288. The van der Waals surface area contributed by atoms with Gasteiger partial charge in [0.2, 0.25) is 0 Å². The maximum Gasteiger partial charge on any atom is 0.251 e. The van der Waals surface area contributed by atoms with Crippen molar-refractivity contribution in [3.05, 3.63) is 29.8 Å². The first-order valence-electron chi connectivity index (χ1n) is 7.47. The number of nitrogens with one attached hydrogen (secondary N) is 1. The molecule has 0 unspecified atom stereocenters. The molecule has 1 aliphatic carbocycles. The summed E-state index contributed by atoms with van der Waals surface area (Å²) in [7, 11) is 1.63. The van der Waals surface area contributed by atoms with Crippen molar-refractivity contribution in [3.8, 4) is 5.75 Å². The summed E-state index contributed by atoms with van der Waals surface area (Å²) in [4.78, 5) is 12.2. The number of carbonyl (C=O) groups is 1. The first-order valence-corrected chi connectivity index (χ1v) is 7.47. The zero-order valence-electron chi connectivity index (χ0n) is 12.9. The molecule has 6 heteroatoms. The predicted octanol–water partition coefficient (Wildman–Crippen LogP) is 2.13. The van der Waals surface area contributed by atoms with E-state index < -0.39 is 0 Å². The third kappa shape index (κ3) is 5.83. The van der Waals surface area contributed by atoms with Crippen molar-refractivity contribution in [3.63, 3.8) is 0 Å². The molecule has 2 rings (SSSR count). The summed E-state index contributed by atoms with van der Waals surface area (Å²) in [5.41, 5.74) is 6.53. The molecule has 1 saturated carbocycles. The third-order valence-corrected chi connectivity index (χ3v) is 3.78. The second-order valence-electron chi connectivity index (χ2n) is 5.45. The second-order valence-corrected chi connectivity index (χ2v) is 5.45. The average molecular weight is 329 g/mol. The fourth-order valence-electron chi connectivity index (χ4n) is 2.48. The Kier molecular flexibility index (Phi) is 8.24. The molecule has 0 atom stereocenters. The molecular formula is C16H25ClN2O3. The van der Waals surface area contributed by atoms with E-state index in [9.17, 15) is 4.79 Å². The van der Waals surface area contributed by atoms with Crippen LogP contribution in [0.3, 0.4) is 0 Å². The molecule has 0 heterocycles. The van der Waals surface area contributed by atoms with E-state index in [0.29, 0.717) is 24.8 Å². The molecule has 0 bridgehead atoms. The molecule has 1 aromatic rings. The topological polar surface area (TPSA) is 73.6 Å². The van der Waals surface area contributed by atoms with E-state index in [4.69, 9.17) is 15.2 Å². The first kappa shape index (κ1) is 18.7. The fourth-order valence-corrected chi connectivity index (χ4v) is 2.48. The van der Waals surface area contributed by atoms with Gasteiger partial charge in [0.05, 0.1) is 6.61 Å². The van der Waals surface area contributed by atoms with Gasteiger partial charge in [0.1, 0.15) is 12.4 Å². The Morgan fingerprint density at radius 3 is 2.41 bits per heavy atom. The molecule has 0 spiro atoms. The molecule has 22 heavy (non-hydrogen) atoms. The van der Waals surface area contributed by atoms with Crippen LogP contribution >= 0.6 is 12.4 Å². The number of carbonyl (C=O) groups excluding carboxylic acids is 1. The smallest absolute Gasteiger partial charge is 0.251 e. The number of amides is 1. The molecule has 5 nitrogen and oxygen atoms in total. The van der Waals surface area contributed by atoms with Gasteiger partial charge in [0.25, 0.3) is 5.91 Å². The number of hydrogen-bond acceptors (Lipinski definition) is 4. The highest BCUT2D eigenvalue weighted by atomic mass is 35.5. The summed E-state index contributed by atoms with van der Waals surface area (Å²) >= 11 is 0. The van der Waals surface area contributed by atoms with Crippen molar-refractivity contribution < 1.29 is 14.3 Å². The van der Waals surface area contributed by atoms with E-state index in [0.717, 1.165) is 31.4 Å². The Morgan fingerprint density at radius 1 is 1.18 bits per heavy atom. The van der Waals surface area contributed by atoms with Crippen LogP contribution in [0.5, 0.6) is 5.75 Å². The van der Waals surface area contributed by atoms with Crippen LogP contribution in [-0.4, -0.2) is 38.3 Å². The summed E-state index contributed by atoms with van der Waals surface area (Å²) in [5.74, 6) is 0.714. The molecule has 1 aliphatic rings. The number of rotatable bonds is 6. The first-order chi connectivity index (χ1) is 10.2. The molecule has 0 aliphatic heterocycles. The van der Waals surface area contributed by atoms with Crippen LogP contribution in [0.1, 0.15) is 36.0 Å². The molecule has 0 aromatic heterocycles. The molecule has 3 N–H and O–H groups in total.